The molecule has 0 saturated carbocycles. The van der Waals surface area contributed by atoms with Crippen molar-refractivity contribution < 1.29 is 5.11 Å². The highest BCUT2D eigenvalue weighted by molar-refractivity contribution is 6.33. The van der Waals surface area contributed by atoms with Crippen LogP contribution in [0.15, 0.2) is 53.6 Å². The molecule has 0 aliphatic carbocycles. The molecule has 0 fully saturated rings. The van der Waals surface area contributed by atoms with Gasteiger partial charge in [0.15, 0.2) is 0 Å². The molecular formula is C13H11ClN2O. The van der Waals surface area contributed by atoms with E-state index in [-0.39, 0.29) is 5.75 Å². The van der Waals surface area contributed by atoms with Crippen LogP contribution in [0.4, 0.5) is 5.69 Å². The van der Waals surface area contributed by atoms with Gasteiger partial charge in [0.05, 0.1) is 16.9 Å². The molecule has 0 saturated heterocycles. The Labute approximate surface area is 104 Å². The van der Waals surface area contributed by atoms with E-state index in [1.807, 2.05) is 24.3 Å². The minimum Gasteiger partial charge on any atom is -0.508 e. The molecule has 0 bridgehead atoms. The molecule has 2 aromatic rings. The number of hydrogen-bond acceptors (Lipinski definition) is 3. The van der Waals surface area contributed by atoms with Gasteiger partial charge in [0.1, 0.15) is 5.75 Å². The van der Waals surface area contributed by atoms with Crippen molar-refractivity contribution in [1.29, 1.82) is 0 Å². The molecule has 0 radical (unpaired) electrons. The Balaban J connectivity index is 2.06. The first kappa shape index (κ1) is 11.5. The lowest BCUT2D eigenvalue weighted by molar-refractivity contribution is 0.475. The summed E-state index contributed by atoms with van der Waals surface area (Å²) in [6, 6.07) is 14.2. The summed E-state index contributed by atoms with van der Waals surface area (Å²) >= 11 is 5.95. The molecule has 0 unspecified atom stereocenters. The van der Waals surface area contributed by atoms with Gasteiger partial charge in [0.25, 0.3) is 0 Å². The maximum absolute atomic E-state index is 9.27. The first-order valence-corrected chi connectivity index (χ1v) is 5.46. The molecule has 2 N–H and O–H groups in total. The third kappa shape index (κ3) is 3.23. The first-order valence-electron chi connectivity index (χ1n) is 5.08. The van der Waals surface area contributed by atoms with Crippen LogP contribution in [0.3, 0.4) is 0 Å². The second-order valence-corrected chi connectivity index (χ2v) is 3.85. The van der Waals surface area contributed by atoms with Crippen LogP contribution in [0.1, 0.15) is 5.56 Å². The zero-order chi connectivity index (χ0) is 12.1. The number of phenols is 1. The molecule has 0 heterocycles. The highest BCUT2D eigenvalue weighted by Crippen LogP contribution is 2.20. The van der Waals surface area contributed by atoms with Gasteiger partial charge < -0.3 is 5.11 Å². The molecule has 4 heteroatoms. The number of nitrogens with zero attached hydrogens (tertiary/aromatic N) is 1. The smallest absolute Gasteiger partial charge is 0.116 e. The number of benzene rings is 2. The Morgan fingerprint density at radius 1 is 1.12 bits per heavy atom. The lowest BCUT2D eigenvalue weighted by atomic mass is 10.2. The summed E-state index contributed by atoms with van der Waals surface area (Å²) < 4.78 is 0. The predicted octanol–water partition coefficient (Wildman–Crippen LogP) is 3.49. The summed E-state index contributed by atoms with van der Waals surface area (Å²) in [4.78, 5) is 0. The Morgan fingerprint density at radius 2 is 1.94 bits per heavy atom. The number of aromatic hydroxyl groups is 1. The molecule has 0 amide bonds. The second-order valence-electron chi connectivity index (χ2n) is 3.44. The van der Waals surface area contributed by atoms with Gasteiger partial charge in [0, 0.05) is 0 Å². The van der Waals surface area contributed by atoms with Crippen molar-refractivity contribution in [1.82, 2.24) is 0 Å². The van der Waals surface area contributed by atoms with E-state index in [9.17, 15) is 5.11 Å². The van der Waals surface area contributed by atoms with Crippen molar-refractivity contribution in [2.24, 2.45) is 5.10 Å². The van der Waals surface area contributed by atoms with E-state index in [0.717, 1.165) is 11.3 Å². The number of anilines is 1. The molecule has 0 aromatic heterocycles. The Kier molecular flexibility index (Phi) is 3.62. The maximum atomic E-state index is 9.27. The van der Waals surface area contributed by atoms with Crippen molar-refractivity contribution in [3.63, 3.8) is 0 Å². The van der Waals surface area contributed by atoms with Gasteiger partial charge >= 0.3 is 0 Å². The number of hydrogen-bond donors (Lipinski definition) is 2. The number of para-hydroxylation sites is 1. The van der Waals surface area contributed by atoms with Crippen LogP contribution in [0.25, 0.3) is 0 Å². The number of nitrogens with one attached hydrogen (secondary N) is 1. The van der Waals surface area contributed by atoms with E-state index in [2.05, 4.69) is 10.5 Å². The minimum absolute atomic E-state index is 0.215. The van der Waals surface area contributed by atoms with Crippen LogP contribution in [0.5, 0.6) is 5.75 Å². The molecule has 3 nitrogen and oxygen atoms in total. The lowest BCUT2D eigenvalue weighted by Crippen LogP contribution is -1.90. The van der Waals surface area contributed by atoms with Gasteiger partial charge in [-0.1, -0.05) is 35.9 Å². The topological polar surface area (TPSA) is 44.6 Å². The summed E-state index contributed by atoms with van der Waals surface area (Å²) in [5.41, 5.74) is 4.39. The van der Waals surface area contributed by atoms with Gasteiger partial charge in [-0.3, -0.25) is 5.43 Å². The third-order valence-electron chi connectivity index (χ3n) is 2.14. The molecule has 0 spiro atoms. The number of halogens is 1. The first-order chi connectivity index (χ1) is 8.25. The standard InChI is InChI=1S/C13H11ClN2O/c14-12-6-1-2-7-13(12)16-15-9-10-4-3-5-11(17)8-10/h1-9,16-17H/b15-9-. The quantitative estimate of drug-likeness (QED) is 0.643. The molecule has 0 aliphatic heterocycles. The highest BCUT2D eigenvalue weighted by Gasteiger charge is 1.95. The fraction of sp³-hybridized carbons (Fsp3) is 0. The SMILES string of the molecule is Oc1cccc(/C=N\Nc2ccccc2Cl)c1. The summed E-state index contributed by atoms with van der Waals surface area (Å²) in [5.74, 6) is 0.215. The normalized spacial score (nSPS) is 10.6. The zero-order valence-electron chi connectivity index (χ0n) is 8.97. The van der Waals surface area contributed by atoms with Gasteiger partial charge in [0.2, 0.25) is 0 Å². The maximum Gasteiger partial charge on any atom is 0.116 e. The molecular weight excluding hydrogens is 236 g/mol. The Bertz CT molecular complexity index is 540. The van der Waals surface area contributed by atoms with Crippen LogP contribution in [-0.4, -0.2) is 11.3 Å². The fourth-order valence-corrected chi connectivity index (χ4v) is 1.51. The Hall–Kier alpha value is -2.00. The monoisotopic (exact) mass is 246 g/mol. The van der Waals surface area contributed by atoms with E-state index < -0.39 is 0 Å². The van der Waals surface area contributed by atoms with Gasteiger partial charge in [-0.2, -0.15) is 5.10 Å². The lowest BCUT2D eigenvalue weighted by Gasteiger charge is -2.01. The summed E-state index contributed by atoms with van der Waals surface area (Å²) in [6.45, 7) is 0. The summed E-state index contributed by atoms with van der Waals surface area (Å²) in [5, 5.41) is 13.9. The van der Waals surface area contributed by atoms with Gasteiger partial charge in [-0.05, 0) is 29.8 Å². The predicted molar refractivity (Wildman–Crippen MR) is 70.8 cm³/mol. The van der Waals surface area contributed by atoms with Crippen LogP contribution in [0.2, 0.25) is 5.02 Å². The minimum atomic E-state index is 0.215. The van der Waals surface area contributed by atoms with E-state index in [1.54, 1.807) is 30.5 Å². The number of rotatable bonds is 3. The number of hydrazone groups is 1. The van der Waals surface area contributed by atoms with Gasteiger partial charge in [-0.25, -0.2) is 0 Å². The van der Waals surface area contributed by atoms with Crippen LogP contribution >= 0.6 is 11.6 Å². The van der Waals surface area contributed by atoms with Crippen molar-refractivity contribution in [3.05, 3.63) is 59.1 Å². The third-order valence-corrected chi connectivity index (χ3v) is 2.47. The fourth-order valence-electron chi connectivity index (χ4n) is 1.33. The van der Waals surface area contributed by atoms with E-state index in [1.165, 1.54) is 0 Å². The molecule has 0 aliphatic rings. The van der Waals surface area contributed by atoms with E-state index in [0.29, 0.717) is 5.02 Å². The largest absolute Gasteiger partial charge is 0.508 e. The highest BCUT2D eigenvalue weighted by atomic mass is 35.5. The van der Waals surface area contributed by atoms with Crippen LogP contribution in [0, 0.1) is 0 Å². The zero-order valence-corrected chi connectivity index (χ0v) is 9.72. The van der Waals surface area contributed by atoms with Gasteiger partial charge in [-0.15, -0.1) is 0 Å². The number of phenolic OH excluding ortho intramolecular Hbond substituents is 1. The molecule has 2 rings (SSSR count). The van der Waals surface area contributed by atoms with Crippen molar-refractivity contribution in [3.8, 4) is 5.75 Å². The second kappa shape index (κ2) is 5.37. The van der Waals surface area contributed by atoms with Crippen molar-refractivity contribution in [2.75, 3.05) is 5.43 Å². The van der Waals surface area contributed by atoms with E-state index in [4.69, 9.17) is 11.6 Å². The molecule has 17 heavy (non-hydrogen) atoms. The van der Waals surface area contributed by atoms with Crippen LogP contribution < -0.4 is 5.43 Å². The van der Waals surface area contributed by atoms with Crippen LogP contribution in [-0.2, 0) is 0 Å². The Morgan fingerprint density at radius 3 is 2.71 bits per heavy atom. The molecule has 2 aromatic carbocycles. The molecule has 86 valence electrons. The van der Waals surface area contributed by atoms with Crippen molar-refractivity contribution in [2.45, 2.75) is 0 Å². The van der Waals surface area contributed by atoms with E-state index >= 15 is 0 Å². The summed E-state index contributed by atoms with van der Waals surface area (Å²) in [7, 11) is 0. The average Bonchev–Trinajstić information content (AvgIpc) is 2.32. The summed E-state index contributed by atoms with van der Waals surface area (Å²) in [6.07, 6.45) is 1.61. The average molecular weight is 247 g/mol. The van der Waals surface area contributed by atoms with Crippen molar-refractivity contribution >= 4 is 23.5 Å². The molecule has 0 atom stereocenters.